The third kappa shape index (κ3) is 2.74. The smallest absolute Gasteiger partial charge is 0.0827 e. The lowest BCUT2D eigenvalue weighted by atomic mass is 10.2. The predicted octanol–water partition coefficient (Wildman–Crippen LogP) is 5.39. The van der Waals surface area contributed by atoms with Crippen LogP contribution in [0.2, 0.25) is 10.0 Å². The van der Waals surface area contributed by atoms with E-state index in [4.69, 9.17) is 28.9 Å². The zero-order valence-electron chi connectivity index (χ0n) is 9.60. The summed E-state index contributed by atoms with van der Waals surface area (Å²) in [7, 11) is 0. The van der Waals surface area contributed by atoms with Crippen molar-refractivity contribution in [1.82, 2.24) is 0 Å². The fourth-order valence-electron chi connectivity index (χ4n) is 1.54. The standard InChI is InChI=1S/C13H11BrCl2N2/c1-7-5-12(8(14)6-10(7)17)18-11-4-2-3-9(15)13(11)16/h2-6,18H,17H2,1H3. The van der Waals surface area contributed by atoms with E-state index in [0.717, 1.165) is 27.1 Å². The molecule has 0 unspecified atom stereocenters. The summed E-state index contributed by atoms with van der Waals surface area (Å²) in [5.41, 5.74) is 9.22. The van der Waals surface area contributed by atoms with Crippen molar-refractivity contribution in [3.63, 3.8) is 0 Å². The van der Waals surface area contributed by atoms with Gasteiger partial charge in [0.15, 0.2) is 0 Å². The molecule has 0 bridgehead atoms. The van der Waals surface area contributed by atoms with Gasteiger partial charge in [0, 0.05) is 10.2 Å². The molecule has 5 heteroatoms. The van der Waals surface area contributed by atoms with Crippen molar-refractivity contribution < 1.29 is 0 Å². The van der Waals surface area contributed by atoms with Gasteiger partial charge in [-0.05, 0) is 52.7 Å². The Morgan fingerprint density at radius 3 is 2.61 bits per heavy atom. The van der Waals surface area contributed by atoms with Gasteiger partial charge in [-0.25, -0.2) is 0 Å². The van der Waals surface area contributed by atoms with Gasteiger partial charge in [0.2, 0.25) is 0 Å². The molecular formula is C13H11BrCl2N2. The highest BCUT2D eigenvalue weighted by Gasteiger charge is 2.08. The predicted molar refractivity (Wildman–Crippen MR) is 83.0 cm³/mol. The maximum Gasteiger partial charge on any atom is 0.0827 e. The molecule has 2 nitrogen and oxygen atoms in total. The number of halogens is 3. The molecule has 0 fully saturated rings. The maximum absolute atomic E-state index is 6.13. The van der Waals surface area contributed by atoms with E-state index in [0.29, 0.717) is 10.0 Å². The number of benzene rings is 2. The first kappa shape index (κ1) is 13.5. The number of nitrogens with two attached hydrogens (primary N) is 1. The average molecular weight is 346 g/mol. The largest absolute Gasteiger partial charge is 0.398 e. The Kier molecular flexibility index (Phi) is 4.05. The van der Waals surface area contributed by atoms with Gasteiger partial charge in [-0.3, -0.25) is 0 Å². The third-order valence-electron chi connectivity index (χ3n) is 2.58. The van der Waals surface area contributed by atoms with E-state index >= 15 is 0 Å². The Morgan fingerprint density at radius 1 is 1.17 bits per heavy atom. The second-order valence-corrected chi connectivity index (χ2v) is 5.55. The molecule has 0 amide bonds. The zero-order chi connectivity index (χ0) is 13.3. The van der Waals surface area contributed by atoms with E-state index in [1.807, 2.05) is 31.2 Å². The highest BCUT2D eigenvalue weighted by Crippen LogP contribution is 2.35. The van der Waals surface area contributed by atoms with E-state index < -0.39 is 0 Å². The molecule has 0 atom stereocenters. The Bertz CT molecular complexity index is 600. The second-order valence-electron chi connectivity index (χ2n) is 3.92. The van der Waals surface area contributed by atoms with Crippen LogP contribution in [0.1, 0.15) is 5.56 Å². The molecule has 0 aromatic heterocycles. The molecule has 0 aliphatic heterocycles. The number of rotatable bonds is 2. The normalized spacial score (nSPS) is 10.4. The lowest BCUT2D eigenvalue weighted by Crippen LogP contribution is -1.96. The molecule has 0 aliphatic carbocycles. The number of nitrogens with one attached hydrogen (secondary N) is 1. The highest BCUT2D eigenvalue weighted by molar-refractivity contribution is 9.10. The van der Waals surface area contributed by atoms with Gasteiger partial charge in [-0.1, -0.05) is 29.3 Å². The monoisotopic (exact) mass is 344 g/mol. The molecular weight excluding hydrogens is 335 g/mol. The first-order chi connectivity index (χ1) is 8.49. The van der Waals surface area contributed by atoms with Crippen molar-refractivity contribution in [2.45, 2.75) is 6.92 Å². The minimum absolute atomic E-state index is 0.501. The summed E-state index contributed by atoms with van der Waals surface area (Å²) in [5.74, 6) is 0. The van der Waals surface area contributed by atoms with E-state index in [2.05, 4.69) is 21.2 Å². The number of hydrogen-bond donors (Lipinski definition) is 2. The summed E-state index contributed by atoms with van der Waals surface area (Å²) in [6.45, 7) is 1.95. The van der Waals surface area contributed by atoms with Gasteiger partial charge in [0.1, 0.15) is 0 Å². The summed E-state index contributed by atoms with van der Waals surface area (Å²) < 4.78 is 0.877. The van der Waals surface area contributed by atoms with Crippen LogP contribution < -0.4 is 11.1 Å². The summed E-state index contributed by atoms with van der Waals surface area (Å²) in [6.07, 6.45) is 0. The van der Waals surface area contributed by atoms with Crippen LogP contribution in [0.3, 0.4) is 0 Å². The van der Waals surface area contributed by atoms with E-state index in [1.165, 1.54) is 0 Å². The first-order valence-corrected chi connectivity index (χ1v) is 6.80. The minimum Gasteiger partial charge on any atom is -0.398 e. The van der Waals surface area contributed by atoms with Crippen LogP contribution in [0.5, 0.6) is 0 Å². The van der Waals surface area contributed by atoms with Gasteiger partial charge in [-0.15, -0.1) is 0 Å². The lowest BCUT2D eigenvalue weighted by Gasteiger charge is -2.13. The summed E-state index contributed by atoms with van der Waals surface area (Å²) in [6, 6.07) is 9.27. The van der Waals surface area contributed by atoms with Crippen molar-refractivity contribution in [2.24, 2.45) is 0 Å². The highest BCUT2D eigenvalue weighted by atomic mass is 79.9. The van der Waals surface area contributed by atoms with Crippen LogP contribution >= 0.6 is 39.1 Å². The van der Waals surface area contributed by atoms with Gasteiger partial charge in [0.05, 0.1) is 21.4 Å². The molecule has 0 heterocycles. The van der Waals surface area contributed by atoms with Crippen molar-refractivity contribution in [1.29, 1.82) is 0 Å². The van der Waals surface area contributed by atoms with Crippen LogP contribution in [-0.4, -0.2) is 0 Å². The second kappa shape index (κ2) is 5.39. The maximum atomic E-state index is 6.13. The molecule has 2 aromatic rings. The van der Waals surface area contributed by atoms with Crippen molar-refractivity contribution in [3.8, 4) is 0 Å². The minimum atomic E-state index is 0.501. The van der Waals surface area contributed by atoms with Crippen LogP contribution in [-0.2, 0) is 0 Å². The molecule has 0 aliphatic rings. The van der Waals surface area contributed by atoms with Crippen molar-refractivity contribution >= 4 is 56.2 Å². The molecule has 0 spiro atoms. The fraction of sp³-hybridized carbons (Fsp3) is 0.0769. The van der Waals surface area contributed by atoms with Crippen molar-refractivity contribution in [3.05, 3.63) is 50.4 Å². The molecule has 3 N–H and O–H groups in total. The van der Waals surface area contributed by atoms with Crippen LogP contribution in [0, 0.1) is 6.92 Å². The van der Waals surface area contributed by atoms with E-state index in [1.54, 1.807) is 6.07 Å². The average Bonchev–Trinajstić information content (AvgIpc) is 2.32. The third-order valence-corrected chi connectivity index (χ3v) is 4.05. The zero-order valence-corrected chi connectivity index (χ0v) is 12.7. The Morgan fingerprint density at radius 2 is 1.89 bits per heavy atom. The van der Waals surface area contributed by atoms with E-state index in [9.17, 15) is 0 Å². The van der Waals surface area contributed by atoms with Crippen LogP contribution in [0.25, 0.3) is 0 Å². The number of nitrogen functional groups attached to an aromatic ring is 1. The quantitative estimate of drug-likeness (QED) is 0.716. The van der Waals surface area contributed by atoms with Gasteiger partial charge in [0.25, 0.3) is 0 Å². The molecule has 0 saturated heterocycles. The lowest BCUT2D eigenvalue weighted by molar-refractivity contribution is 1.43. The summed E-state index contributed by atoms with van der Waals surface area (Å²) >= 11 is 15.6. The van der Waals surface area contributed by atoms with Crippen LogP contribution in [0.4, 0.5) is 17.1 Å². The van der Waals surface area contributed by atoms with E-state index in [-0.39, 0.29) is 0 Å². The Hall–Kier alpha value is -0.900. The molecule has 2 rings (SSSR count). The van der Waals surface area contributed by atoms with Gasteiger partial charge < -0.3 is 11.1 Å². The number of aryl methyl sites for hydroxylation is 1. The molecule has 94 valence electrons. The topological polar surface area (TPSA) is 38.0 Å². The number of hydrogen-bond acceptors (Lipinski definition) is 2. The van der Waals surface area contributed by atoms with Crippen molar-refractivity contribution in [2.75, 3.05) is 11.1 Å². The van der Waals surface area contributed by atoms with Gasteiger partial charge in [-0.2, -0.15) is 0 Å². The molecule has 0 radical (unpaired) electrons. The fourth-order valence-corrected chi connectivity index (χ4v) is 2.35. The Balaban J connectivity index is 2.40. The number of anilines is 3. The molecule has 2 aromatic carbocycles. The first-order valence-electron chi connectivity index (χ1n) is 5.25. The SMILES string of the molecule is Cc1cc(Nc2cccc(Cl)c2Cl)c(Br)cc1N. The molecule has 0 saturated carbocycles. The molecule has 18 heavy (non-hydrogen) atoms. The summed E-state index contributed by atoms with van der Waals surface area (Å²) in [5, 5.41) is 4.25. The Labute approximate surface area is 124 Å². The summed E-state index contributed by atoms with van der Waals surface area (Å²) in [4.78, 5) is 0. The van der Waals surface area contributed by atoms with Gasteiger partial charge >= 0.3 is 0 Å². The van der Waals surface area contributed by atoms with Crippen LogP contribution in [0.15, 0.2) is 34.8 Å².